The maximum absolute atomic E-state index is 12.2. The molecule has 0 saturated heterocycles. The molecule has 0 radical (unpaired) electrons. The van der Waals surface area contributed by atoms with Crippen LogP contribution < -0.4 is 10.6 Å². The van der Waals surface area contributed by atoms with Crippen LogP contribution in [0, 0.1) is 0 Å². The number of nitrogens with one attached hydrogen (secondary N) is 2. The lowest BCUT2D eigenvalue weighted by Gasteiger charge is -2.31. The van der Waals surface area contributed by atoms with Gasteiger partial charge in [-0.1, -0.05) is 37.3 Å². The number of hydrogen-bond donors (Lipinski definition) is 4. The van der Waals surface area contributed by atoms with Crippen molar-refractivity contribution >= 4 is 18.2 Å². The normalized spacial score (nSPS) is 14.2. The molecular weight excluding hydrogens is 380 g/mol. The molecule has 1 unspecified atom stereocenters. The number of rotatable bonds is 9. The van der Waals surface area contributed by atoms with E-state index in [1.165, 1.54) is 0 Å². The van der Waals surface area contributed by atoms with Crippen LogP contribution in [0.5, 0.6) is 0 Å². The van der Waals surface area contributed by atoms with Gasteiger partial charge in [-0.2, -0.15) is 0 Å². The van der Waals surface area contributed by atoms with Crippen LogP contribution >= 0.6 is 0 Å². The number of amides is 2. The number of ether oxygens (including phenoxy) is 2. The Kier molecular flexibility index (Phi) is 9.40. The summed E-state index contributed by atoms with van der Waals surface area (Å²) < 4.78 is 10.3. The monoisotopic (exact) mass is 410 g/mol. The molecule has 0 spiro atoms. The lowest BCUT2D eigenvalue weighted by Crippen LogP contribution is -2.58. The van der Waals surface area contributed by atoms with E-state index >= 15 is 0 Å². The number of hydrogen-bond acceptors (Lipinski definition) is 6. The summed E-state index contributed by atoms with van der Waals surface area (Å²) in [5.41, 5.74) is -0.0229. The molecule has 29 heavy (non-hydrogen) atoms. The number of carboxylic acids is 1. The Labute approximate surface area is 170 Å². The van der Waals surface area contributed by atoms with E-state index < -0.39 is 48.4 Å². The van der Waals surface area contributed by atoms with E-state index in [9.17, 15) is 24.6 Å². The van der Waals surface area contributed by atoms with Gasteiger partial charge in [-0.15, -0.1) is 0 Å². The predicted octanol–water partition coefficient (Wildman–Crippen LogP) is 2.42. The standard InChI is InChI=1S/C20H30N2O7/c1-5-15(23)17(22-19(27)29-20(2,3)4)14(11-16(24)25)21-18(26)28-12-13-9-7-6-8-10-13/h6-10,14-15,17,23H,5,11-12H2,1-4H3,(H,21,26)(H,22,27)(H,24,25)/t14-,15?,17+/m1/s1. The Morgan fingerprint density at radius 3 is 2.21 bits per heavy atom. The zero-order chi connectivity index (χ0) is 22.0. The van der Waals surface area contributed by atoms with Crippen LogP contribution in [0.25, 0.3) is 0 Å². The third kappa shape index (κ3) is 9.79. The van der Waals surface area contributed by atoms with E-state index in [0.717, 1.165) is 5.56 Å². The zero-order valence-corrected chi connectivity index (χ0v) is 17.2. The number of carboxylic acid groups (broad SMARTS) is 1. The molecule has 4 N–H and O–H groups in total. The van der Waals surface area contributed by atoms with Crippen LogP contribution in [0.2, 0.25) is 0 Å². The molecular formula is C20H30N2O7. The molecule has 0 aliphatic heterocycles. The molecule has 0 aromatic heterocycles. The average molecular weight is 410 g/mol. The van der Waals surface area contributed by atoms with Gasteiger partial charge >= 0.3 is 18.2 Å². The highest BCUT2D eigenvalue weighted by atomic mass is 16.6. The molecule has 3 atom stereocenters. The summed E-state index contributed by atoms with van der Waals surface area (Å²) in [5.74, 6) is -1.21. The third-order valence-corrected chi connectivity index (χ3v) is 3.86. The predicted molar refractivity (Wildman–Crippen MR) is 105 cm³/mol. The molecule has 2 amide bonds. The van der Waals surface area contributed by atoms with Gasteiger partial charge in [-0.25, -0.2) is 9.59 Å². The molecule has 0 heterocycles. The SMILES string of the molecule is CCC(O)[C@@H](NC(=O)OC(C)(C)C)[C@@H](CC(=O)O)NC(=O)OCc1ccccc1. The average Bonchev–Trinajstić information content (AvgIpc) is 2.62. The van der Waals surface area contributed by atoms with Crippen LogP contribution in [0.15, 0.2) is 30.3 Å². The van der Waals surface area contributed by atoms with Crippen molar-refractivity contribution in [3.63, 3.8) is 0 Å². The van der Waals surface area contributed by atoms with Crippen molar-refractivity contribution in [2.45, 2.75) is 70.9 Å². The van der Waals surface area contributed by atoms with E-state index in [-0.39, 0.29) is 13.0 Å². The minimum absolute atomic E-state index is 0.00699. The molecule has 9 heteroatoms. The minimum Gasteiger partial charge on any atom is -0.481 e. The Hall–Kier alpha value is -2.81. The molecule has 0 aliphatic rings. The molecule has 0 aliphatic carbocycles. The van der Waals surface area contributed by atoms with E-state index in [4.69, 9.17) is 9.47 Å². The van der Waals surface area contributed by atoms with Gasteiger partial charge in [0.05, 0.1) is 24.6 Å². The molecule has 1 aromatic carbocycles. The van der Waals surface area contributed by atoms with Gasteiger partial charge in [0.1, 0.15) is 12.2 Å². The van der Waals surface area contributed by atoms with Crippen molar-refractivity contribution in [2.75, 3.05) is 0 Å². The van der Waals surface area contributed by atoms with Gasteiger partial charge in [0.15, 0.2) is 0 Å². The number of aliphatic carboxylic acids is 1. The number of alkyl carbamates (subject to hydrolysis) is 2. The maximum Gasteiger partial charge on any atom is 0.408 e. The molecule has 0 saturated carbocycles. The fourth-order valence-corrected chi connectivity index (χ4v) is 2.53. The summed E-state index contributed by atoms with van der Waals surface area (Å²) in [4.78, 5) is 35.6. The number of aliphatic hydroxyl groups excluding tert-OH is 1. The fourth-order valence-electron chi connectivity index (χ4n) is 2.53. The summed E-state index contributed by atoms with van der Waals surface area (Å²) in [6.45, 7) is 6.68. The summed E-state index contributed by atoms with van der Waals surface area (Å²) in [6.07, 6.45) is -3.11. The highest BCUT2D eigenvalue weighted by Crippen LogP contribution is 2.12. The minimum atomic E-state index is -1.21. The van der Waals surface area contributed by atoms with Gasteiger partial charge < -0.3 is 30.3 Å². The molecule has 9 nitrogen and oxygen atoms in total. The van der Waals surface area contributed by atoms with E-state index in [1.807, 2.05) is 6.07 Å². The van der Waals surface area contributed by atoms with Gasteiger partial charge in [0.25, 0.3) is 0 Å². The van der Waals surface area contributed by atoms with Crippen molar-refractivity contribution < 1.29 is 34.1 Å². The first-order valence-electron chi connectivity index (χ1n) is 9.38. The van der Waals surface area contributed by atoms with Gasteiger partial charge in [0, 0.05) is 0 Å². The highest BCUT2D eigenvalue weighted by Gasteiger charge is 2.33. The van der Waals surface area contributed by atoms with Gasteiger partial charge in [0.2, 0.25) is 0 Å². The summed E-state index contributed by atoms with van der Waals surface area (Å²) in [5, 5.41) is 24.4. The van der Waals surface area contributed by atoms with Crippen LogP contribution in [0.4, 0.5) is 9.59 Å². The number of aliphatic hydroxyl groups is 1. The van der Waals surface area contributed by atoms with Crippen molar-refractivity contribution in [1.29, 1.82) is 0 Å². The highest BCUT2D eigenvalue weighted by molar-refractivity contribution is 5.73. The van der Waals surface area contributed by atoms with Gasteiger partial charge in [-0.05, 0) is 32.8 Å². The van der Waals surface area contributed by atoms with Crippen LogP contribution in [-0.2, 0) is 20.9 Å². The maximum atomic E-state index is 12.2. The lowest BCUT2D eigenvalue weighted by molar-refractivity contribution is -0.137. The van der Waals surface area contributed by atoms with Crippen LogP contribution in [0.3, 0.4) is 0 Å². The summed E-state index contributed by atoms with van der Waals surface area (Å²) in [7, 11) is 0. The smallest absolute Gasteiger partial charge is 0.408 e. The third-order valence-electron chi connectivity index (χ3n) is 3.86. The first kappa shape index (κ1) is 24.2. The Balaban J connectivity index is 2.86. The Morgan fingerprint density at radius 2 is 1.69 bits per heavy atom. The second kappa shape index (κ2) is 11.3. The summed E-state index contributed by atoms with van der Waals surface area (Å²) in [6, 6.07) is 6.76. The first-order chi connectivity index (χ1) is 13.5. The van der Waals surface area contributed by atoms with E-state index in [0.29, 0.717) is 0 Å². The van der Waals surface area contributed by atoms with E-state index in [2.05, 4.69) is 10.6 Å². The number of benzene rings is 1. The van der Waals surface area contributed by atoms with Crippen LogP contribution in [-0.4, -0.2) is 52.2 Å². The summed E-state index contributed by atoms with van der Waals surface area (Å²) >= 11 is 0. The second-order valence-corrected chi connectivity index (χ2v) is 7.56. The van der Waals surface area contributed by atoms with Crippen molar-refractivity contribution in [3.8, 4) is 0 Å². The molecule has 0 fully saturated rings. The topological polar surface area (TPSA) is 134 Å². The lowest BCUT2D eigenvalue weighted by atomic mass is 9.97. The van der Waals surface area contributed by atoms with E-state index in [1.54, 1.807) is 52.0 Å². The largest absolute Gasteiger partial charge is 0.481 e. The Bertz CT molecular complexity index is 673. The number of carbonyl (C=O) groups is 3. The molecule has 162 valence electrons. The molecule has 1 rings (SSSR count). The number of carbonyl (C=O) groups excluding carboxylic acids is 2. The first-order valence-corrected chi connectivity index (χ1v) is 9.38. The molecule has 0 bridgehead atoms. The van der Waals surface area contributed by atoms with Crippen molar-refractivity contribution in [1.82, 2.24) is 10.6 Å². The molecule has 1 aromatic rings. The van der Waals surface area contributed by atoms with Gasteiger partial charge in [-0.3, -0.25) is 4.79 Å². The second-order valence-electron chi connectivity index (χ2n) is 7.56. The fraction of sp³-hybridized carbons (Fsp3) is 0.550. The quantitative estimate of drug-likeness (QED) is 0.491. The van der Waals surface area contributed by atoms with Crippen molar-refractivity contribution in [3.05, 3.63) is 35.9 Å². The van der Waals surface area contributed by atoms with Crippen molar-refractivity contribution in [2.24, 2.45) is 0 Å². The zero-order valence-electron chi connectivity index (χ0n) is 17.2. The van der Waals surface area contributed by atoms with Crippen LogP contribution in [0.1, 0.15) is 46.1 Å². The Morgan fingerprint density at radius 1 is 1.07 bits per heavy atom.